The van der Waals surface area contributed by atoms with Gasteiger partial charge in [0.2, 0.25) is 0 Å². The second-order valence-corrected chi connectivity index (χ2v) is 8.99. The highest BCUT2D eigenvalue weighted by Gasteiger charge is 2.37. The first kappa shape index (κ1) is 18.3. The highest BCUT2D eigenvalue weighted by molar-refractivity contribution is 5.67. The molecule has 0 spiro atoms. The normalized spacial score (nSPS) is 21.9. The van der Waals surface area contributed by atoms with Gasteiger partial charge in [0.1, 0.15) is 5.60 Å². The molecule has 0 radical (unpaired) electrons. The van der Waals surface area contributed by atoms with E-state index in [-0.39, 0.29) is 6.09 Å². The fraction of sp³-hybridized carbons (Fsp3) is 0.941. The van der Waals surface area contributed by atoms with Crippen molar-refractivity contribution in [3.8, 4) is 0 Å². The van der Waals surface area contributed by atoms with E-state index in [1.807, 2.05) is 20.8 Å². The van der Waals surface area contributed by atoms with Crippen molar-refractivity contribution in [2.75, 3.05) is 13.1 Å². The lowest BCUT2D eigenvalue weighted by molar-refractivity contribution is 0.0522. The molecule has 0 unspecified atom stereocenters. The van der Waals surface area contributed by atoms with Crippen molar-refractivity contribution < 1.29 is 9.53 Å². The number of carbonyl (C=O) groups excluding carboxylic acids is 1. The van der Waals surface area contributed by atoms with Crippen LogP contribution in [0.2, 0.25) is 0 Å². The molecule has 0 aromatic rings. The molecule has 1 amide bonds. The van der Waals surface area contributed by atoms with Gasteiger partial charge in [0, 0.05) is 19.1 Å². The zero-order valence-electron chi connectivity index (χ0n) is 14.9. The van der Waals surface area contributed by atoms with Crippen LogP contribution in [0, 0.1) is 10.8 Å². The van der Waals surface area contributed by atoms with Crippen molar-refractivity contribution in [2.24, 2.45) is 10.8 Å². The van der Waals surface area contributed by atoms with Crippen molar-refractivity contribution in [1.82, 2.24) is 10.6 Å². The third-order valence-electron chi connectivity index (χ3n) is 3.78. The van der Waals surface area contributed by atoms with Gasteiger partial charge in [-0.15, -0.1) is 0 Å². The van der Waals surface area contributed by atoms with E-state index in [1.54, 1.807) is 0 Å². The lowest BCUT2D eigenvalue weighted by Gasteiger charge is -2.45. The van der Waals surface area contributed by atoms with Gasteiger partial charge >= 0.3 is 6.09 Å². The first-order valence-electron chi connectivity index (χ1n) is 8.09. The summed E-state index contributed by atoms with van der Waals surface area (Å²) in [5, 5.41) is 6.38. The standard InChI is InChI=1S/C17H34N2O2/c1-15(2,3)21-14(20)19-9-8-18-13-10-16(4,5)12-17(6,7)11-13/h13,18H,8-12H2,1-7H3,(H,19,20). The van der Waals surface area contributed by atoms with E-state index >= 15 is 0 Å². The Kier molecular flexibility index (Phi) is 5.70. The lowest BCUT2D eigenvalue weighted by atomic mass is 9.63. The van der Waals surface area contributed by atoms with Crippen molar-refractivity contribution in [3.05, 3.63) is 0 Å². The number of hydrogen-bond acceptors (Lipinski definition) is 3. The summed E-state index contributed by atoms with van der Waals surface area (Å²) in [6, 6.07) is 0.532. The fourth-order valence-electron chi connectivity index (χ4n) is 3.75. The molecule has 0 bridgehead atoms. The molecule has 0 aromatic heterocycles. The topological polar surface area (TPSA) is 50.4 Å². The molecule has 0 aromatic carbocycles. The second kappa shape index (κ2) is 6.55. The first-order chi connectivity index (χ1) is 9.39. The summed E-state index contributed by atoms with van der Waals surface area (Å²) in [5.74, 6) is 0. The van der Waals surface area contributed by atoms with E-state index < -0.39 is 5.60 Å². The average molecular weight is 298 g/mol. The van der Waals surface area contributed by atoms with Gasteiger partial charge in [-0.05, 0) is 50.9 Å². The number of nitrogens with one attached hydrogen (secondary N) is 2. The zero-order valence-corrected chi connectivity index (χ0v) is 14.9. The van der Waals surface area contributed by atoms with Gasteiger partial charge in [-0.3, -0.25) is 0 Å². The molecule has 4 heteroatoms. The molecule has 0 aliphatic heterocycles. The average Bonchev–Trinajstić information content (AvgIpc) is 2.17. The predicted molar refractivity (Wildman–Crippen MR) is 87.4 cm³/mol. The molecule has 0 heterocycles. The van der Waals surface area contributed by atoms with Gasteiger partial charge in [0.05, 0.1) is 0 Å². The molecule has 0 saturated heterocycles. The van der Waals surface area contributed by atoms with E-state index in [1.165, 1.54) is 19.3 Å². The van der Waals surface area contributed by atoms with Crippen LogP contribution >= 0.6 is 0 Å². The minimum Gasteiger partial charge on any atom is -0.444 e. The summed E-state index contributed by atoms with van der Waals surface area (Å²) >= 11 is 0. The summed E-state index contributed by atoms with van der Waals surface area (Å²) in [4.78, 5) is 11.6. The molecule has 1 aliphatic carbocycles. The molecule has 1 fully saturated rings. The molecule has 4 nitrogen and oxygen atoms in total. The Morgan fingerprint density at radius 3 is 2.10 bits per heavy atom. The third-order valence-corrected chi connectivity index (χ3v) is 3.78. The van der Waals surface area contributed by atoms with Crippen molar-refractivity contribution in [3.63, 3.8) is 0 Å². The number of rotatable bonds is 4. The first-order valence-corrected chi connectivity index (χ1v) is 8.09. The van der Waals surface area contributed by atoms with Gasteiger partial charge < -0.3 is 15.4 Å². The Balaban J connectivity index is 2.28. The van der Waals surface area contributed by atoms with Crippen LogP contribution in [0.3, 0.4) is 0 Å². The number of alkyl carbamates (subject to hydrolysis) is 1. The Labute approximate surface area is 130 Å². The van der Waals surface area contributed by atoms with E-state index in [0.717, 1.165) is 6.54 Å². The SMILES string of the molecule is CC1(C)CC(NCCNC(=O)OC(C)(C)C)CC(C)(C)C1. The van der Waals surface area contributed by atoms with Crippen LogP contribution in [-0.2, 0) is 4.74 Å². The van der Waals surface area contributed by atoms with Crippen molar-refractivity contribution in [2.45, 2.75) is 79.4 Å². The number of ether oxygens (including phenoxy) is 1. The Bertz CT molecular complexity index is 340. The smallest absolute Gasteiger partial charge is 0.407 e. The molecule has 124 valence electrons. The molecular formula is C17H34N2O2. The summed E-state index contributed by atoms with van der Waals surface area (Å²) in [6.07, 6.45) is 3.33. The molecule has 1 rings (SSSR count). The Morgan fingerprint density at radius 2 is 1.62 bits per heavy atom. The summed E-state index contributed by atoms with van der Waals surface area (Å²) < 4.78 is 5.22. The molecule has 0 atom stereocenters. The van der Waals surface area contributed by atoms with E-state index in [4.69, 9.17) is 4.74 Å². The number of hydrogen-bond donors (Lipinski definition) is 2. The van der Waals surface area contributed by atoms with Crippen LogP contribution in [-0.4, -0.2) is 30.8 Å². The quantitative estimate of drug-likeness (QED) is 0.778. The fourth-order valence-corrected chi connectivity index (χ4v) is 3.75. The Morgan fingerprint density at radius 1 is 1.10 bits per heavy atom. The van der Waals surface area contributed by atoms with Crippen LogP contribution in [0.1, 0.15) is 67.7 Å². The largest absolute Gasteiger partial charge is 0.444 e. The predicted octanol–water partition coefficient (Wildman–Crippen LogP) is 3.71. The van der Waals surface area contributed by atoms with Crippen LogP contribution in [0.15, 0.2) is 0 Å². The van der Waals surface area contributed by atoms with Crippen LogP contribution in [0.4, 0.5) is 4.79 Å². The van der Waals surface area contributed by atoms with E-state index in [0.29, 0.717) is 23.4 Å². The van der Waals surface area contributed by atoms with Gasteiger partial charge in [-0.25, -0.2) is 4.79 Å². The number of amides is 1. The molecule has 1 aliphatic rings. The maximum absolute atomic E-state index is 11.6. The van der Waals surface area contributed by atoms with Gasteiger partial charge in [-0.1, -0.05) is 27.7 Å². The van der Waals surface area contributed by atoms with Crippen LogP contribution in [0.25, 0.3) is 0 Å². The molecule has 1 saturated carbocycles. The monoisotopic (exact) mass is 298 g/mol. The molecule has 21 heavy (non-hydrogen) atoms. The summed E-state index contributed by atoms with van der Waals surface area (Å²) in [7, 11) is 0. The van der Waals surface area contributed by atoms with Gasteiger partial charge in [-0.2, -0.15) is 0 Å². The number of carbonyl (C=O) groups is 1. The van der Waals surface area contributed by atoms with Gasteiger partial charge in [0.25, 0.3) is 0 Å². The zero-order chi connectivity index (χ0) is 16.3. The van der Waals surface area contributed by atoms with Crippen molar-refractivity contribution >= 4 is 6.09 Å². The molecular weight excluding hydrogens is 264 g/mol. The Hall–Kier alpha value is -0.770. The highest BCUT2D eigenvalue weighted by Crippen LogP contribution is 2.45. The second-order valence-electron chi connectivity index (χ2n) is 8.99. The van der Waals surface area contributed by atoms with Crippen LogP contribution < -0.4 is 10.6 Å². The maximum Gasteiger partial charge on any atom is 0.407 e. The minimum absolute atomic E-state index is 0.339. The summed E-state index contributed by atoms with van der Waals surface area (Å²) in [5.41, 5.74) is 0.338. The highest BCUT2D eigenvalue weighted by atomic mass is 16.6. The van der Waals surface area contributed by atoms with Gasteiger partial charge in [0.15, 0.2) is 0 Å². The van der Waals surface area contributed by atoms with Crippen LogP contribution in [0.5, 0.6) is 0 Å². The summed E-state index contributed by atoms with van der Waals surface area (Å²) in [6.45, 7) is 16.4. The van der Waals surface area contributed by atoms with E-state index in [2.05, 4.69) is 38.3 Å². The van der Waals surface area contributed by atoms with Crippen molar-refractivity contribution in [1.29, 1.82) is 0 Å². The molecule has 2 N–H and O–H groups in total. The maximum atomic E-state index is 11.6. The lowest BCUT2D eigenvalue weighted by Crippen LogP contribution is -2.46. The van der Waals surface area contributed by atoms with E-state index in [9.17, 15) is 4.79 Å². The minimum atomic E-state index is -0.436. The third kappa shape index (κ3) is 7.70.